The summed E-state index contributed by atoms with van der Waals surface area (Å²) in [7, 11) is 0. The zero-order chi connectivity index (χ0) is 16.4. The Hall–Kier alpha value is -1.43. The van der Waals surface area contributed by atoms with Crippen LogP contribution in [0.3, 0.4) is 0 Å². The summed E-state index contributed by atoms with van der Waals surface area (Å²) in [5.41, 5.74) is 0. The van der Waals surface area contributed by atoms with E-state index in [-0.39, 0.29) is 5.91 Å². The number of hydrogen-bond acceptors (Lipinski definition) is 5. The van der Waals surface area contributed by atoms with Gasteiger partial charge in [-0.2, -0.15) is 4.98 Å². The van der Waals surface area contributed by atoms with Gasteiger partial charge in [-0.05, 0) is 38.1 Å². The normalized spacial score (nSPS) is 25.7. The molecule has 2 fully saturated rings. The van der Waals surface area contributed by atoms with Gasteiger partial charge in [-0.1, -0.05) is 19.0 Å². The third-order valence-corrected chi connectivity index (χ3v) is 5.00. The Morgan fingerprint density at radius 2 is 2.00 bits per heavy atom. The quantitative estimate of drug-likeness (QED) is 0.832. The van der Waals surface area contributed by atoms with Crippen LogP contribution >= 0.6 is 0 Å². The Balaban J connectivity index is 1.65. The standard InChI is InChI=1S/C17H28N4O2/c1-12(2)10-16-18-17(23-19-16)11-20-8-4-6-14(20)15-7-5-9-21(15)13(3)22/h12,14-15H,4-11H2,1-3H3/t14-,15+/m1/s1. The summed E-state index contributed by atoms with van der Waals surface area (Å²) < 4.78 is 5.43. The third-order valence-electron chi connectivity index (χ3n) is 5.00. The maximum Gasteiger partial charge on any atom is 0.240 e. The minimum atomic E-state index is 0.205. The molecular weight excluding hydrogens is 292 g/mol. The van der Waals surface area contributed by atoms with E-state index in [1.54, 1.807) is 6.92 Å². The lowest BCUT2D eigenvalue weighted by atomic mass is 10.0. The van der Waals surface area contributed by atoms with E-state index in [0.717, 1.165) is 44.6 Å². The zero-order valence-corrected chi connectivity index (χ0v) is 14.5. The number of carbonyl (C=O) groups is 1. The third kappa shape index (κ3) is 3.74. The fourth-order valence-electron chi connectivity index (χ4n) is 4.04. The Labute approximate surface area is 138 Å². The first-order chi connectivity index (χ1) is 11.0. The van der Waals surface area contributed by atoms with Crippen molar-refractivity contribution in [1.29, 1.82) is 0 Å². The van der Waals surface area contributed by atoms with Crippen molar-refractivity contribution >= 4 is 5.91 Å². The molecule has 3 rings (SSSR count). The van der Waals surface area contributed by atoms with Crippen molar-refractivity contribution in [1.82, 2.24) is 19.9 Å². The van der Waals surface area contributed by atoms with Crippen LogP contribution in [0.25, 0.3) is 0 Å². The summed E-state index contributed by atoms with van der Waals surface area (Å²) in [6.07, 6.45) is 5.42. The summed E-state index contributed by atoms with van der Waals surface area (Å²) >= 11 is 0. The van der Waals surface area contributed by atoms with E-state index in [1.807, 2.05) is 0 Å². The first-order valence-corrected chi connectivity index (χ1v) is 8.87. The van der Waals surface area contributed by atoms with Crippen molar-refractivity contribution in [3.05, 3.63) is 11.7 Å². The summed E-state index contributed by atoms with van der Waals surface area (Å²) in [5.74, 6) is 2.25. The smallest absolute Gasteiger partial charge is 0.240 e. The lowest BCUT2D eigenvalue weighted by Crippen LogP contribution is -2.47. The molecule has 1 amide bonds. The molecule has 0 aromatic carbocycles. The maximum absolute atomic E-state index is 11.9. The van der Waals surface area contributed by atoms with E-state index in [4.69, 9.17) is 4.52 Å². The molecule has 0 aliphatic carbocycles. The van der Waals surface area contributed by atoms with Gasteiger partial charge in [-0.25, -0.2) is 0 Å². The van der Waals surface area contributed by atoms with Crippen molar-refractivity contribution in [3.63, 3.8) is 0 Å². The van der Waals surface area contributed by atoms with Gasteiger partial charge in [-0.15, -0.1) is 0 Å². The van der Waals surface area contributed by atoms with E-state index >= 15 is 0 Å². The summed E-state index contributed by atoms with van der Waals surface area (Å²) in [4.78, 5) is 20.9. The van der Waals surface area contributed by atoms with Crippen LogP contribution in [0.2, 0.25) is 0 Å². The molecule has 2 saturated heterocycles. The van der Waals surface area contributed by atoms with Gasteiger partial charge >= 0.3 is 0 Å². The van der Waals surface area contributed by atoms with Gasteiger partial charge in [-0.3, -0.25) is 9.69 Å². The highest BCUT2D eigenvalue weighted by molar-refractivity contribution is 5.74. The predicted molar refractivity (Wildman–Crippen MR) is 86.7 cm³/mol. The van der Waals surface area contributed by atoms with Crippen molar-refractivity contribution in [2.24, 2.45) is 5.92 Å². The highest BCUT2D eigenvalue weighted by Crippen LogP contribution is 2.30. The lowest BCUT2D eigenvalue weighted by molar-refractivity contribution is -0.130. The lowest BCUT2D eigenvalue weighted by Gasteiger charge is -2.33. The maximum atomic E-state index is 11.9. The fourth-order valence-corrected chi connectivity index (χ4v) is 4.04. The molecule has 0 saturated carbocycles. The average Bonchev–Trinajstić information content (AvgIpc) is 3.18. The topological polar surface area (TPSA) is 62.5 Å². The molecule has 6 heteroatoms. The zero-order valence-electron chi connectivity index (χ0n) is 14.5. The van der Waals surface area contributed by atoms with Gasteiger partial charge in [0.15, 0.2) is 5.82 Å². The van der Waals surface area contributed by atoms with Crippen molar-refractivity contribution in [2.45, 2.75) is 71.5 Å². The van der Waals surface area contributed by atoms with E-state index in [0.29, 0.717) is 30.4 Å². The second kappa shape index (κ2) is 6.99. The number of amides is 1. The largest absolute Gasteiger partial charge is 0.338 e. The van der Waals surface area contributed by atoms with Crippen LogP contribution in [0.1, 0.15) is 58.2 Å². The molecule has 23 heavy (non-hydrogen) atoms. The predicted octanol–water partition coefficient (Wildman–Crippen LogP) is 2.24. The molecule has 0 unspecified atom stereocenters. The molecule has 1 aromatic heterocycles. The molecule has 0 N–H and O–H groups in total. The van der Waals surface area contributed by atoms with Crippen molar-refractivity contribution < 1.29 is 9.32 Å². The Morgan fingerprint density at radius 3 is 2.74 bits per heavy atom. The fraction of sp³-hybridized carbons (Fsp3) is 0.824. The van der Waals surface area contributed by atoms with Crippen molar-refractivity contribution in [3.8, 4) is 0 Å². The minimum Gasteiger partial charge on any atom is -0.338 e. The molecule has 1 aromatic rings. The Kier molecular flexibility index (Phi) is 4.99. The first kappa shape index (κ1) is 16.4. The highest BCUT2D eigenvalue weighted by atomic mass is 16.5. The molecule has 6 nitrogen and oxygen atoms in total. The minimum absolute atomic E-state index is 0.205. The van der Waals surface area contributed by atoms with Gasteiger partial charge in [0.05, 0.1) is 6.54 Å². The van der Waals surface area contributed by atoms with E-state index in [2.05, 4.69) is 33.8 Å². The number of rotatable bonds is 5. The van der Waals surface area contributed by atoms with Crippen LogP contribution in [-0.4, -0.2) is 51.0 Å². The number of nitrogens with zero attached hydrogens (tertiary/aromatic N) is 4. The highest BCUT2D eigenvalue weighted by Gasteiger charge is 2.39. The number of carbonyl (C=O) groups excluding carboxylic acids is 1. The molecule has 2 aliphatic rings. The van der Waals surface area contributed by atoms with E-state index in [1.165, 1.54) is 6.42 Å². The van der Waals surface area contributed by atoms with Gasteiger partial charge in [0, 0.05) is 32.0 Å². The molecule has 0 radical (unpaired) electrons. The number of hydrogen-bond donors (Lipinski definition) is 0. The van der Waals surface area contributed by atoms with Crippen molar-refractivity contribution in [2.75, 3.05) is 13.1 Å². The number of likely N-dealkylation sites (tertiary alicyclic amines) is 2. The summed E-state index contributed by atoms with van der Waals surface area (Å²) in [6, 6.07) is 0.787. The van der Waals surface area contributed by atoms with E-state index < -0.39 is 0 Å². The van der Waals surface area contributed by atoms with Gasteiger partial charge in [0.25, 0.3) is 0 Å². The van der Waals surface area contributed by atoms with Crippen LogP contribution in [0.5, 0.6) is 0 Å². The molecule has 0 spiro atoms. The molecule has 2 atom stereocenters. The number of aromatic nitrogens is 2. The molecule has 2 aliphatic heterocycles. The Morgan fingerprint density at radius 1 is 1.26 bits per heavy atom. The van der Waals surface area contributed by atoms with Crippen LogP contribution in [0, 0.1) is 5.92 Å². The SMILES string of the molecule is CC(=O)N1CCC[C@H]1[C@H]1CCCN1Cc1nc(CC(C)C)no1. The van der Waals surface area contributed by atoms with Gasteiger partial charge in [0.2, 0.25) is 11.8 Å². The van der Waals surface area contributed by atoms with Gasteiger partial charge < -0.3 is 9.42 Å². The second-order valence-corrected chi connectivity index (χ2v) is 7.30. The van der Waals surface area contributed by atoms with Crippen LogP contribution in [0.15, 0.2) is 4.52 Å². The van der Waals surface area contributed by atoms with Crippen LogP contribution < -0.4 is 0 Å². The monoisotopic (exact) mass is 320 g/mol. The molecule has 3 heterocycles. The molecular formula is C17H28N4O2. The average molecular weight is 320 g/mol. The first-order valence-electron chi connectivity index (χ1n) is 8.87. The molecule has 128 valence electrons. The van der Waals surface area contributed by atoms with Gasteiger partial charge in [0.1, 0.15) is 0 Å². The Bertz CT molecular complexity index is 542. The van der Waals surface area contributed by atoms with Crippen LogP contribution in [-0.2, 0) is 17.8 Å². The van der Waals surface area contributed by atoms with E-state index in [9.17, 15) is 4.79 Å². The summed E-state index contributed by atoms with van der Waals surface area (Å²) in [5, 5.41) is 4.09. The molecule has 0 bridgehead atoms. The summed E-state index contributed by atoms with van der Waals surface area (Å²) in [6.45, 7) is 8.66. The van der Waals surface area contributed by atoms with Crippen LogP contribution in [0.4, 0.5) is 0 Å². The second-order valence-electron chi connectivity index (χ2n) is 7.30.